The monoisotopic (exact) mass is 255 g/mol. The molecule has 0 aromatic heterocycles. The number of nitrogens with zero attached hydrogens (tertiary/aromatic N) is 1. The molecular weight excluding hydrogens is 222 g/mol. The number of hydrogen-bond acceptors (Lipinski definition) is 2. The van der Waals surface area contributed by atoms with E-state index in [1.807, 2.05) is 0 Å². The summed E-state index contributed by atoms with van der Waals surface area (Å²) in [4.78, 5) is 2.39. The van der Waals surface area contributed by atoms with E-state index in [1.54, 1.807) is 0 Å². The average Bonchev–Trinajstić information content (AvgIpc) is 2.18. The highest BCUT2D eigenvalue weighted by Crippen LogP contribution is 2.40. The molecule has 3 unspecified atom stereocenters. The Labute approximate surface area is 114 Å². The van der Waals surface area contributed by atoms with Crippen LogP contribution in [0.1, 0.15) is 53.9 Å². The van der Waals surface area contributed by atoms with E-state index in [4.69, 9.17) is 0 Å². The normalized spacial score (nSPS) is 30.2. The van der Waals surface area contributed by atoms with Crippen molar-refractivity contribution >= 4 is 0 Å². The van der Waals surface area contributed by atoms with Gasteiger partial charge >= 0.3 is 0 Å². The van der Waals surface area contributed by atoms with Crippen LogP contribution in [0.5, 0.6) is 0 Å². The summed E-state index contributed by atoms with van der Waals surface area (Å²) in [5.74, 6) is 1.93. The van der Waals surface area contributed by atoms with Crippen LogP contribution in [-0.2, 0) is 0 Å². The molecule has 2 heteroatoms. The van der Waals surface area contributed by atoms with Crippen LogP contribution in [-0.4, -0.2) is 36.2 Å². The molecule has 1 fully saturated rings. The van der Waals surface area contributed by atoms with Crippen LogP contribution in [0.4, 0.5) is 0 Å². The molecule has 0 amide bonds. The molecule has 1 saturated carbocycles. The van der Waals surface area contributed by atoms with Crippen LogP contribution in [0.2, 0.25) is 0 Å². The summed E-state index contributed by atoms with van der Waals surface area (Å²) in [6, 6.07) is 0. The molecule has 3 atom stereocenters. The lowest BCUT2D eigenvalue weighted by Gasteiger charge is -2.41. The molecule has 1 aliphatic rings. The van der Waals surface area contributed by atoms with E-state index in [2.05, 4.69) is 46.6 Å². The van der Waals surface area contributed by atoms with E-state index in [0.29, 0.717) is 17.3 Å². The molecule has 0 spiro atoms. The first-order chi connectivity index (χ1) is 8.20. The van der Waals surface area contributed by atoms with Gasteiger partial charge in [-0.25, -0.2) is 0 Å². The molecule has 108 valence electrons. The number of aliphatic hydroxyl groups is 1. The highest BCUT2D eigenvalue weighted by molar-refractivity contribution is 4.86. The molecule has 0 aromatic carbocycles. The second-order valence-electron chi connectivity index (χ2n) is 7.82. The summed E-state index contributed by atoms with van der Waals surface area (Å²) in [6.45, 7) is 13.7. The van der Waals surface area contributed by atoms with E-state index >= 15 is 0 Å². The highest BCUT2D eigenvalue weighted by Gasteiger charge is 2.35. The fourth-order valence-electron chi connectivity index (χ4n) is 3.33. The van der Waals surface area contributed by atoms with E-state index in [0.717, 1.165) is 25.4 Å². The summed E-state index contributed by atoms with van der Waals surface area (Å²) in [5, 5.41) is 10.2. The topological polar surface area (TPSA) is 23.5 Å². The highest BCUT2D eigenvalue weighted by atomic mass is 16.3. The van der Waals surface area contributed by atoms with E-state index in [-0.39, 0.29) is 6.10 Å². The second kappa shape index (κ2) is 6.38. The molecule has 1 N–H and O–H groups in total. The van der Waals surface area contributed by atoms with Gasteiger partial charge in [-0.3, -0.25) is 0 Å². The molecule has 2 nitrogen and oxygen atoms in total. The van der Waals surface area contributed by atoms with Crippen molar-refractivity contribution in [1.82, 2.24) is 4.90 Å². The molecule has 0 aromatic rings. The summed E-state index contributed by atoms with van der Waals surface area (Å²) in [6.07, 6.45) is 3.28. The molecule has 1 aliphatic carbocycles. The standard InChI is InChI=1S/C16H33NO/c1-12(2)10-17(6)11-13-9-14(16(3,4)5)7-8-15(13)18/h12-15,18H,7-11H2,1-6H3. The minimum atomic E-state index is -0.0850. The maximum atomic E-state index is 10.2. The smallest absolute Gasteiger partial charge is 0.0580 e. The fourth-order valence-corrected chi connectivity index (χ4v) is 3.33. The first kappa shape index (κ1) is 16.0. The van der Waals surface area contributed by atoms with Crippen molar-refractivity contribution in [2.24, 2.45) is 23.2 Å². The molecule has 0 aliphatic heterocycles. The van der Waals surface area contributed by atoms with Crippen LogP contribution < -0.4 is 0 Å². The van der Waals surface area contributed by atoms with E-state index < -0.39 is 0 Å². The molecule has 0 saturated heterocycles. The zero-order valence-electron chi connectivity index (χ0n) is 13.2. The minimum Gasteiger partial charge on any atom is -0.393 e. The van der Waals surface area contributed by atoms with Gasteiger partial charge in [0, 0.05) is 13.1 Å². The third kappa shape index (κ3) is 4.89. The quantitative estimate of drug-likeness (QED) is 0.832. The Kier molecular flexibility index (Phi) is 5.67. The van der Waals surface area contributed by atoms with Gasteiger partial charge in [0.1, 0.15) is 0 Å². The summed E-state index contributed by atoms with van der Waals surface area (Å²) in [5.41, 5.74) is 0.384. The lowest BCUT2D eigenvalue weighted by atomic mass is 9.68. The summed E-state index contributed by atoms with van der Waals surface area (Å²) >= 11 is 0. The van der Waals surface area contributed by atoms with Crippen molar-refractivity contribution in [2.75, 3.05) is 20.1 Å². The van der Waals surface area contributed by atoms with Gasteiger partial charge in [-0.15, -0.1) is 0 Å². The Hall–Kier alpha value is -0.0800. The van der Waals surface area contributed by atoms with Crippen molar-refractivity contribution in [3.8, 4) is 0 Å². The summed E-state index contributed by atoms with van der Waals surface area (Å²) < 4.78 is 0. The van der Waals surface area contributed by atoms with Crippen LogP contribution in [0.15, 0.2) is 0 Å². The lowest BCUT2D eigenvalue weighted by molar-refractivity contribution is 0.00537. The van der Waals surface area contributed by atoms with E-state index in [9.17, 15) is 5.11 Å². The first-order valence-electron chi connectivity index (χ1n) is 7.56. The Bertz CT molecular complexity index is 244. The maximum absolute atomic E-state index is 10.2. The first-order valence-corrected chi connectivity index (χ1v) is 7.56. The molecule has 0 heterocycles. The molecule has 0 bridgehead atoms. The van der Waals surface area contributed by atoms with Gasteiger partial charge in [-0.2, -0.15) is 0 Å². The summed E-state index contributed by atoms with van der Waals surface area (Å²) in [7, 11) is 2.19. The second-order valence-corrected chi connectivity index (χ2v) is 7.82. The van der Waals surface area contributed by atoms with Gasteiger partial charge in [0.2, 0.25) is 0 Å². The van der Waals surface area contributed by atoms with Crippen molar-refractivity contribution in [3.63, 3.8) is 0 Å². The Morgan fingerprint density at radius 3 is 2.33 bits per heavy atom. The maximum Gasteiger partial charge on any atom is 0.0580 e. The zero-order chi connectivity index (χ0) is 13.9. The zero-order valence-corrected chi connectivity index (χ0v) is 13.2. The number of hydrogen-bond donors (Lipinski definition) is 1. The van der Waals surface area contributed by atoms with Crippen molar-refractivity contribution < 1.29 is 5.11 Å². The van der Waals surface area contributed by atoms with Crippen LogP contribution in [0, 0.1) is 23.2 Å². The largest absolute Gasteiger partial charge is 0.393 e. The fraction of sp³-hybridized carbons (Fsp3) is 1.00. The lowest BCUT2D eigenvalue weighted by Crippen LogP contribution is -2.41. The Morgan fingerprint density at radius 2 is 1.83 bits per heavy atom. The van der Waals surface area contributed by atoms with Crippen molar-refractivity contribution in [3.05, 3.63) is 0 Å². The van der Waals surface area contributed by atoms with Crippen LogP contribution >= 0.6 is 0 Å². The van der Waals surface area contributed by atoms with Gasteiger partial charge in [0.25, 0.3) is 0 Å². The van der Waals surface area contributed by atoms with E-state index in [1.165, 1.54) is 12.8 Å². The van der Waals surface area contributed by atoms with Gasteiger partial charge in [-0.1, -0.05) is 34.6 Å². The number of rotatable bonds is 4. The number of aliphatic hydroxyl groups excluding tert-OH is 1. The third-order valence-electron chi connectivity index (χ3n) is 4.39. The predicted octanol–water partition coefficient (Wildman–Crippen LogP) is 3.40. The third-order valence-corrected chi connectivity index (χ3v) is 4.39. The van der Waals surface area contributed by atoms with Crippen LogP contribution in [0.3, 0.4) is 0 Å². The Balaban J connectivity index is 2.52. The van der Waals surface area contributed by atoms with Crippen molar-refractivity contribution in [1.29, 1.82) is 0 Å². The average molecular weight is 255 g/mol. The van der Waals surface area contributed by atoms with Gasteiger partial charge < -0.3 is 10.0 Å². The van der Waals surface area contributed by atoms with Gasteiger partial charge in [0.05, 0.1) is 6.10 Å². The SMILES string of the molecule is CC(C)CN(C)CC1CC(C(C)(C)C)CCC1O. The molecule has 0 radical (unpaired) electrons. The van der Waals surface area contributed by atoms with Crippen molar-refractivity contribution in [2.45, 2.75) is 60.0 Å². The van der Waals surface area contributed by atoms with Gasteiger partial charge in [-0.05, 0) is 49.5 Å². The van der Waals surface area contributed by atoms with Crippen LogP contribution in [0.25, 0.3) is 0 Å². The minimum absolute atomic E-state index is 0.0850. The molecular formula is C16H33NO. The van der Waals surface area contributed by atoms with Gasteiger partial charge in [0.15, 0.2) is 0 Å². The Morgan fingerprint density at radius 1 is 1.22 bits per heavy atom. The predicted molar refractivity (Wildman–Crippen MR) is 78.6 cm³/mol. The molecule has 18 heavy (non-hydrogen) atoms. The molecule has 1 rings (SSSR count).